The van der Waals surface area contributed by atoms with Crippen LogP contribution >= 0.6 is 22.7 Å². The maximum atomic E-state index is 13.2. The topological polar surface area (TPSA) is 87.1 Å². The summed E-state index contributed by atoms with van der Waals surface area (Å²) in [6.07, 6.45) is 23.5. The standard InChI is InChI=1S/C24H34O2S.C22H37NO3.C4H4S.C4H9.3CH4.Li/c1-23(26)11-9-16-15(14-23)5-6-18-17(16)10-12-24(2)19(18)7-8-20(24)22(25)21-4-3-13-27-21;1-21(25)11-9-15-14(13-21)5-6-17-16(15)10-12-22(2)18(17)7-8-19(22)20(24)23(3)26-4;1-2-4-5-3-1;1-3-4-2;;;;/h3-4,13,15-20,26H,5-12,14H2,1-2H3;14-19,25H,5-13H2,1-4H3;1-4H;1,3-4H2,2H3;3*1H4;/q;;;-1;;;;+1/t15-,16+,17-,18-,19+,20-,23-,24+;14-,15+,16-,17-,18+,19-,21-,22+;;;;;;/m11....../s1. The molecule has 16 atom stereocenters. The zero-order valence-electron chi connectivity index (χ0n) is 40.7. The third-order valence-corrected chi connectivity index (χ3v) is 20.7. The molecule has 2 aromatic rings. The minimum absolute atomic E-state index is 0. The molecule has 0 unspecified atom stereocenters. The average Bonchev–Trinajstić information content (AvgIpc) is 4.10. The van der Waals surface area contributed by atoms with Gasteiger partial charge in [0.05, 0.1) is 23.2 Å². The summed E-state index contributed by atoms with van der Waals surface area (Å²) in [6.45, 7) is 14.7. The molecule has 66 heavy (non-hydrogen) atoms. The maximum absolute atomic E-state index is 13.2. The normalized spacial score (nSPS) is 41.1. The van der Waals surface area contributed by atoms with Gasteiger partial charge in [-0.25, -0.2) is 5.06 Å². The molecule has 9 heteroatoms. The Morgan fingerprint density at radius 1 is 0.667 bits per heavy atom. The molecule has 8 aliphatic carbocycles. The fourth-order valence-corrected chi connectivity index (χ4v) is 17.3. The Morgan fingerprint density at radius 2 is 1.12 bits per heavy atom. The first-order valence-corrected chi connectivity index (χ1v) is 27.0. The minimum atomic E-state index is -0.438. The molecule has 0 bridgehead atoms. The summed E-state index contributed by atoms with van der Waals surface area (Å²) in [5.74, 6) is 8.84. The average molecular weight is 946 g/mol. The number of carbonyl (C=O) groups is 2. The predicted octanol–water partition coefficient (Wildman–Crippen LogP) is 12.3. The van der Waals surface area contributed by atoms with E-state index in [1.54, 1.807) is 36.8 Å². The molecule has 0 spiro atoms. The third kappa shape index (κ3) is 12.4. The fraction of sp³-hybridized carbons (Fsp3) is 0.807. The zero-order valence-corrected chi connectivity index (χ0v) is 42.3. The summed E-state index contributed by atoms with van der Waals surface area (Å²) in [7, 11) is 3.34. The van der Waals surface area contributed by atoms with Crippen LogP contribution in [-0.4, -0.2) is 52.3 Å². The van der Waals surface area contributed by atoms with Gasteiger partial charge in [-0.15, -0.1) is 11.3 Å². The summed E-state index contributed by atoms with van der Waals surface area (Å²) in [5.41, 5.74) is -0.497. The van der Waals surface area contributed by atoms with Crippen molar-refractivity contribution in [3.05, 3.63) is 52.2 Å². The minimum Gasteiger partial charge on any atom is -0.390 e. The van der Waals surface area contributed by atoms with Crippen molar-refractivity contribution < 1.29 is 43.5 Å². The van der Waals surface area contributed by atoms with Crippen LogP contribution in [0.3, 0.4) is 0 Å². The van der Waals surface area contributed by atoms with Crippen LogP contribution in [0.4, 0.5) is 0 Å². The number of rotatable bonds is 5. The molecular weight excluding hydrogens is 850 g/mol. The van der Waals surface area contributed by atoms with Gasteiger partial charge in [0, 0.05) is 18.9 Å². The number of amides is 1. The van der Waals surface area contributed by atoms with E-state index >= 15 is 0 Å². The van der Waals surface area contributed by atoms with E-state index in [2.05, 4.69) is 27.7 Å². The molecule has 0 aromatic carbocycles. The second kappa shape index (κ2) is 24.9. The largest absolute Gasteiger partial charge is 1.00 e. The number of carbonyl (C=O) groups excluding carboxylic acids is 2. The van der Waals surface area contributed by atoms with Gasteiger partial charge in [0.1, 0.15) is 0 Å². The fourth-order valence-electron chi connectivity index (χ4n) is 16.1. The first-order chi connectivity index (χ1) is 29.6. The van der Waals surface area contributed by atoms with E-state index in [-0.39, 0.29) is 69.7 Å². The molecule has 2 N–H and O–H groups in total. The number of hydrogen-bond donors (Lipinski definition) is 2. The quantitative estimate of drug-likeness (QED) is 0.135. The first-order valence-electron chi connectivity index (χ1n) is 25.2. The molecule has 0 saturated heterocycles. The summed E-state index contributed by atoms with van der Waals surface area (Å²) >= 11 is 3.33. The molecule has 8 saturated carbocycles. The van der Waals surface area contributed by atoms with Gasteiger partial charge in [-0.2, -0.15) is 17.8 Å². The van der Waals surface area contributed by atoms with E-state index in [0.29, 0.717) is 11.7 Å². The van der Waals surface area contributed by atoms with E-state index in [1.807, 2.05) is 54.3 Å². The van der Waals surface area contributed by atoms with Crippen molar-refractivity contribution in [3.8, 4) is 0 Å². The molecule has 8 fully saturated rings. The molecular formula is C57H96LiNO5S2. The SMILES string of the molecule is C.C.C.CON(C)C(=O)[C@H]1CC[C@H]2[C@@H]3CC[C@@H]4C[C@](C)(O)CC[C@@H]4[C@H]3CC[C@]12C.C[C@@]1(O)CC[C@H]2[C@H](CC[C@@H]3[C@@H]2CC[C@]2(C)[C@@H](C(=O)c4cccs4)CC[C@@H]32)C1.[CH2-]CCC.[Li+].c1ccsc1. The zero-order chi connectivity index (χ0) is 44.5. The summed E-state index contributed by atoms with van der Waals surface area (Å²) < 4.78 is 0. The van der Waals surface area contributed by atoms with Crippen LogP contribution < -0.4 is 18.9 Å². The second-order valence-electron chi connectivity index (χ2n) is 22.7. The van der Waals surface area contributed by atoms with Crippen LogP contribution in [-0.2, 0) is 9.63 Å². The first kappa shape index (κ1) is 59.3. The molecule has 0 aliphatic heterocycles. The van der Waals surface area contributed by atoms with Gasteiger partial charge >= 0.3 is 18.9 Å². The Hall–Kier alpha value is -0.983. The van der Waals surface area contributed by atoms with Crippen molar-refractivity contribution in [3.63, 3.8) is 0 Å². The number of unbranched alkanes of at least 4 members (excludes halogenated alkanes) is 1. The van der Waals surface area contributed by atoms with Crippen molar-refractivity contribution >= 4 is 34.4 Å². The molecule has 2 heterocycles. The van der Waals surface area contributed by atoms with E-state index < -0.39 is 11.2 Å². The summed E-state index contributed by atoms with van der Waals surface area (Å²) in [5, 5.41) is 28.6. The van der Waals surface area contributed by atoms with E-state index in [9.17, 15) is 19.8 Å². The number of Topliss-reactive ketones (excluding diaryl/α,β-unsaturated/α-hetero) is 1. The Labute approximate surface area is 425 Å². The Morgan fingerprint density at radius 3 is 1.53 bits per heavy atom. The van der Waals surface area contributed by atoms with Crippen LogP contribution in [0.1, 0.15) is 195 Å². The Bertz CT molecular complexity index is 1710. The van der Waals surface area contributed by atoms with Crippen molar-refractivity contribution in [1.29, 1.82) is 0 Å². The molecule has 1 amide bonds. The van der Waals surface area contributed by atoms with Crippen molar-refractivity contribution in [2.45, 2.75) is 197 Å². The number of fused-ring (bicyclic) bond motifs is 10. The van der Waals surface area contributed by atoms with Crippen molar-refractivity contribution in [2.24, 2.45) is 81.8 Å². The molecule has 6 nitrogen and oxygen atoms in total. The number of hydroxylamine groups is 2. The molecule has 8 aliphatic rings. The van der Waals surface area contributed by atoms with Crippen molar-refractivity contribution in [1.82, 2.24) is 5.06 Å². The van der Waals surface area contributed by atoms with E-state index in [4.69, 9.17) is 4.84 Å². The number of hydrogen-bond acceptors (Lipinski definition) is 7. The van der Waals surface area contributed by atoms with E-state index in [0.717, 1.165) is 103 Å². The molecule has 2 aromatic heterocycles. The van der Waals surface area contributed by atoms with E-state index in [1.165, 1.54) is 88.5 Å². The van der Waals surface area contributed by atoms with Crippen molar-refractivity contribution in [2.75, 3.05) is 14.2 Å². The molecule has 0 radical (unpaired) electrons. The van der Waals surface area contributed by atoms with Gasteiger partial charge in [-0.3, -0.25) is 14.4 Å². The summed E-state index contributed by atoms with van der Waals surface area (Å²) in [6, 6.07) is 8.08. The predicted molar refractivity (Wildman–Crippen MR) is 276 cm³/mol. The molecule has 10 rings (SSSR count). The van der Waals surface area contributed by atoms with Gasteiger partial charge in [0.25, 0.3) is 0 Å². The third-order valence-electron chi connectivity index (χ3n) is 19.2. The molecule has 372 valence electrons. The van der Waals surface area contributed by atoms with Crippen LogP contribution in [0.5, 0.6) is 0 Å². The Kier molecular flexibility index (Phi) is 22.4. The number of aliphatic hydroxyl groups is 2. The summed E-state index contributed by atoms with van der Waals surface area (Å²) in [4.78, 5) is 32.3. The van der Waals surface area contributed by atoms with Crippen LogP contribution in [0.15, 0.2) is 40.4 Å². The van der Waals surface area contributed by atoms with Gasteiger partial charge in [0.2, 0.25) is 5.91 Å². The van der Waals surface area contributed by atoms with Gasteiger partial charge in [-0.1, -0.05) is 67.7 Å². The smallest absolute Gasteiger partial charge is 0.390 e. The van der Waals surface area contributed by atoms with Gasteiger partial charge in [0.15, 0.2) is 5.78 Å². The Balaban J connectivity index is 0.000000281. The van der Waals surface area contributed by atoms with Crippen LogP contribution in [0, 0.1) is 88.8 Å². The maximum Gasteiger partial charge on any atom is 1.00 e. The van der Waals surface area contributed by atoms with Crippen LogP contribution in [0.2, 0.25) is 0 Å². The van der Waals surface area contributed by atoms with Gasteiger partial charge < -0.3 is 17.1 Å². The number of thiophene rings is 2. The van der Waals surface area contributed by atoms with Crippen LogP contribution in [0.25, 0.3) is 0 Å². The monoisotopic (exact) mass is 946 g/mol. The number of nitrogens with zero attached hydrogens (tertiary/aromatic N) is 1. The van der Waals surface area contributed by atoms with Gasteiger partial charge in [-0.05, 0) is 222 Å². The second-order valence-corrected chi connectivity index (χ2v) is 24.5. The number of ketones is 1.